The van der Waals surface area contributed by atoms with Crippen molar-refractivity contribution in [3.8, 4) is 0 Å². The number of rotatable bonds is 0. The van der Waals surface area contributed by atoms with Gasteiger partial charge in [0.2, 0.25) is 0 Å². The van der Waals surface area contributed by atoms with Crippen LogP contribution in [-0.2, 0) is 31.5 Å². The summed E-state index contributed by atoms with van der Waals surface area (Å²) in [6, 6.07) is 0. The standard InChI is InChI=1S/2Fe.H2S.S/h;;1H2;/q;+3;;. The van der Waals surface area contributed by atoms with E-state index in [2.05, 4.69) is 24.9 Å². The summed E-state index contributed by atoms with van der Waals surface area (Å²) in [5.74, 6) is 0. The molecule has 4 heteroatoms. The van der Waals surface area contributed by atoms with Gasteiger partial charge in [-0.3, -0.25) is 0 Å². The summed E-state index contributed by atoms with van der Waals surface area (Å²) in [5.41, 5.74) is 0. The molecule has 0 fully saturated rings. The van der Waals surface area contributed by atoms with E-state index in [9.17, 15) is 0 Å². The zero-order valence-electron chi connectivity index (χ0n) is 1.62. The summed E-state index contributed by atoms with van der Waals surface area (Å²) >= 11 is 2.83. The third-order valence-corrected chi connectivity index (χ3v) is 0. The van der Waals surface area contributed by atoms with Crippen molar-refractivity contribution in [3.05, 3.63) is 0 Å². The fourth-order valence-corrected chi connectivity index (χ4v) is 0. The minimum absolute atomic E-state index is 0. The van der Waals surface area contributed by atoms with E-state index in [0.29, 0.717) is 0 Å². The van der Waals surface area contributed by atoms with Gasteiger partial charge in [0.1, 0.15) is 0 Å². The molecule has 0 heterocycles. The quantitative estimate of drug-likeness (QED) is 0.493. The molecule has 0 nitrogen and oxygen atoms in total. The van der Waals surface area contributed by atoms with Gasteiger partial charge in [0, 0.05) is 0 Å². The predicted molar refractivity (Wildman–Crippen MR) is 18.0 cm³/mol. The summed E-state index contributed by atoms with van der Waals surface area (Å²) in [5, 5.41) is 0. The van der Waals surface area contributed by atoms with Crippen molar-refractivity contribution < 1.29 is 31.5 Å². The molecule has 0 aromatic rings. The van der Waals surface area contributed by atoms with Crippen LogP contribution in [0.3, 0.4) is 0 Å². The van der Waals surface area contributed by atoms with E-state index in [0.717, 1.165) is 0 Å². The molecule has 0 bridgehead atoms. The fraction of sp³-hybridized carbons (Fsp3) is 0. The maximum absolute atomic E-state index is 3.83. The van der Waals surface area contributed by atoms with Crippen molar-refractivity contribution in [2.75, 3.05) is 0 Å². The van der Waals surface area contributed by atoms with Crippen LogP contribution in [0.15, 0.2) is 0 Å². The molecule has 0 saturated carbocycles. The molecule has 0 aromatic heterocycles. The van der Waals surface area contributed by atoms with Gasteiger partial charge in [-0.25, -0.2) is 0 Å². The van der Waals surface area contributed by atoms with Gasteiger partial charge >= 0.3 is 42.0 Å². The summed E-state index contributed by atoms with van der Waals surface area (Å²) in [4.78, 5) is 0. The van der Waals surface area contributed by atoms with Crippen molar-refractivity contribution in [2.24, 2.45) is 0 Å². The van der Waals surface area contributed by atoms with Crippen molar-refractivity contribution in [2.45, 2.75) is 0 Å². The van der Waals surface area contributed by atoms with Crippen molar-refractivity contribution in [1.82, 2.24) is 0 Å². The molecule has 0 aliphatic carbocycles. The Morgan fingerprint density at radius 2 is 1.25 bits per heavy atom. The van der Waals surface area contributed by atoms with Crippen LogP contribution in [0.2, 0.25) is 0 Å². The van der Waals surface area contributed by atoms with Crippen LogP contribution >= 0.6 is 24.0 Å². The Hall–Kier alpha value is 1.61. The second-order valence-electron chi connectivity index (χ2n) is 0. The summed E-state index contributed by atoms with van der Waals surface area (Å²) < 4.78 is 0. The van der Waals surface area contributed by atoms with Gasteiger partial charge in [0.15, 0.2) is 0 Å². The molecule has 0 amide bonds. The molecule has 0 aromatic carbocycles. The molecular weight excluding hydrogens is 176 g/mol. The molecular formula is H2Fe2S2+3. The molecule has 4 heavy (non-hydrogen) atoms. The van der Waals surface area contributed by atoms with Crippen LogP contribution in [-0.4, -0.2) is 0 Å². The molecule has 1 radical (unpaired) electrons. The van der Waals surface area contributed by atoms with Crippen LogP contribution in [0.4, 0.5) is 0 Å². The van der Waals surface area contributed by atoms with Crippen LogP contribution in [0.25, 0.3) is 0 Å². The first-order valence-corrected chi connectivity index (χ1v) is 1.79. The summed E-state index contributed by atoms with van der Waals surface area (Å²) in [6.07, 6.45) is 0. The monoisotopic (exact) mass is 178 g/mol. The van der Waals surface area contributed by atoms with Gasteiger partial charge in [-0.15, -0.1) is 0 Å². The maximum atomic E-state index is 3.83. The van der Waals surface area contributed by atoms with E-state index in [-0.39, 0.29) is 30.6 Å². The van der Waals surface area contributed by atoms with E-state index in [4.69, 9.17) is 0 Å². The number of hydrogen-bond acceptors (Lipinski definition) is 1. The van der Waals surface area contributed by atoms with Gasteiger partial charge in [-0.1, -0.05) is 0 Å². The Labute approximate surface area is 55.3 Å². The summed E-state index contributed by atoms with van der Waals surface area (Å²) in [7, 11) is 3.83. The van der Waals surface area contributed by atoms with E-state index in [1.807, 2.05) is 0 Å². The van der Waals surface area contributed by atoms with Crippen molar-refractivity contribution >= 4 is 24.0 Å². The van der Waals surface area contributed by atoms with Gasteiger partial charge in [0.05, 0.1) is 0 Å². The average molecular weight is 178 g/mol. The van der Waals surface area contributed by atoms with E-state index in [1.165, 1.54) is 0 Å². The molecule has 0 N–H and O–H groups in total. The van der Waals surface area contributed by atoms with Gasteiger partial charge in [0.25, 0.3) is 0 Å². The SMILES string of the molecule is S.[Fe+3].[S]=[Fe]. The van der Waals surface area contributed by atoms with Crippen LogP contribution in [0.5, 0.6) is 0 Å². The van der Waals surface area contributed by atoms with Crippen LogP contribution < -0.4 is 0 Å². The molecule has 0 atom stereocenters. The first kappa shape index (κ1) is 17.5. The molecule has 0 aliphatic heterocycles. The second kappa shape index (κ2) is 23.2. The Bertz CT molecular complexity index is 4.00. The first-order valence-electron chi connectivity index (χ1n) is 0.144. The van der Waals surface area contributed by atoms with Crippen LogP contribution in [0, 0.1) is 0 Å². The average Bonchev–Trinajstić information content (AvgIpc) is 1.00. The van der Waals surface area contributed by atoms with Gasteiger partial charge < -0.3 is 0 Å². The van der Waals surface area contributed by atoms with E-state index < -0.39 is 0 Å². The van der Waals surface area contributed by atoms with Crippen molar-refractivity contribution in [3.63, 3.8) is 0 Å². The van der Waals surface area contributed by atoms with Gasteiger partial charge in [-0.05, 0) is 0 Å². The van der Waals surface area contributed by atoms with Gasteiger partial charge in [-0.2, -0.15) is 13.5 Å². The fourth-order valence-electron chi connectivity index (χ4n) is 0. The van der Waals surface area contributed by atoms with Crippen molar-refractivity contribution in [1.29, 1.82) is 0 Å². The molecule has 0 spiro atoms. The Morgan fingerprint density at radius 1 is 1.25 bits per heavy atom. The molecule has 0 unspecified atom stereocenters. The molecule has 0 aliphatic rings. The second-order valence-corrected chi connectivity index (χ2v) is 0. The summed E-state index contributed by atoms with van der Waals surface area (Å²) in [6.45, 7) is 0. The van der Waals surface area contributed by atoms with E-state index >= 15 is 0 Å². The third kappa shape index (κ3) is 9.49. The van der Waals surface area contributed by atoms with Crippen LogP contribution in [0.1, 0.15) is 0 Å². The number of hydrogen-bond donors (Lipinski definition) is 0. The first-order chi connectivity index (χ1) is 1.00. The normalized spacial score (nSPS) is 1.25. The Kier molecular flexibility index (Phi) is 101. The van der Waals surface area contributed by atoms with E-state index in [1.54, 1.807) is 0 Å². The third-order valence-electron chi connectivity index (χ3n) is 0. The topological polar surface area (TPSA) is 0 Å². The molecule has 27 valence electrons. The molecule has 0 saturated heterocycles. The Morgan fingerprint density at radius 3 is 1.25 bits per heavy atom. The minimum atomic E-state index is 0. The zero-order chi connectivity index (χ0) is 2.00. The predicted octanol–water partition coefficient (Wildman–Crippen LogP) is 0.756. The Balaban J connectivity index is -0.00000000500. The zero-order valence-corrected chi connectivity index (χ0v) is 5.64. The molecule has 0 rings (SSSR count).